The third kappa shape index (κ3) is 5.12. The van der Waals surface area contributed by atoms with Crippen molar-refractivity contribution in [1.29, 1.82) is 0 Å². The van der Waals surface area contributed by atoms with Gasteiger partial charge < -0.3 is 0 Å². The Balaban J connectivity index is 1.82. The molecule has 1 aromatic rings. The van der Waals surface area contributed by atoms with Crippen LogP contribution >= 0.6 is 0 Å². The van der Waals surface area contributed by atoms with Crippen molar-refractivity contribution >= 4 is 0 Å². The zero-order valence-corrected chi connectivity index (χ0v) is 12.7. The number of rotatable bonds is 4. The molecule has 3 heteroatoms. The molecule has 21 heavy (non-hydrogen) atoms. The van der Waals surface area contributed by atoms with Crippen molar-refractivity contribution in [1.82, 2.24) is 4.98 Å². The summed E-state index contributed by atoms with van der Waals surface area (Å²) in [5.74, 6) is 5.54. The molecule has 1 saturated carbocycles. The van der Waals surface area contributed by atoms with Gasteiger partial charge in [0.15, 0.2) is 0 Å². The van der Waals surface area contributed by atoms with Gasteiger partial charge in [-0.1, -0.05) is 44.4 Å². The van der Waals surface area contributed by atoms with Gasteiger partial charge in [-0.15, -0.1) is 0 Å². The molecule has 0 aliphatic heterocycles. The summed E-state index contributed by atoms with van der Waals surface area (Å²) >= 11 is 0. The van der Waals surface area contributed by atoms with Gasteiger partial charge in [-0.25, -0.2) is 0 Å². The maximum atomic E-state index is 13.4. The van der Waals surface area contributed by atoms with Gasteiger partial charge in [-0.3, -0.25) is 0 Å². The van der Waals surface area contributed by atoms with Crippen molar-refractivity contribution in [2.45, 2.75) is 58.3 Å². The summed E-state index contributed by atoms with van der Waals surface area (Å²) in [4.78, 5) is 3.16. The molecule has 0 spiro atoms. The highest BCUT2D eigenvalue weighted by atomic mass is 19.1. The minimum Gasteiger partial charge on any atom is -0.189 e. The van der Waals surface area contributed by atoms with Gasteiger partial charge in [0.2, 0.25) is 11.9 Å². The normalized spacial score (nSPS) is 21.7. The zero-order valence-electron chi connectivity index (χ0n) is 12.7. The van der Waals surface area contributed by atoms with Crippen molar-refractivity contribution < 1.29 is 8.78 Å². The number of unbranched alkanes of at least 4 members (excludes halogenated alkanes) is 2. The summed E-state index contributed by atoms with van der Waals surface area (Å²) in [7, 11) is 0. The van der Waals surface area contributed by atoms with Crippen molar-refractivity contribution in [2.75, 3.05) is 0 Å². The Morgan fingerprint density at radius 3 is 2.57 bits per heavy atom. The molecule has 2 rings (SSSR count). The van der Waals surface area contributed by atoms with Gasteiger partial charge in [0.25, 0.3) is 0 Å². The van der Waals surface area contributed by atoms with Gasteiger partial charge in [0, 0.05) is 5.92 Å². The lowest BCUT2D eigenvalue weighted by Gasteiger charge is -2.25. The molecule has 0 N–H and O–H groups in total. The monoisotopic (exact) mass is 291 g/mol. The molecule has 0 radical (unpaired) electrons. The van der Waals surface area contributed by atoms with Crippen molar-refractivity contribution in [2.24, 2.45) is 11.8 Å². The van der Waals surface area contributed by atoms with Crippen LogP contribution in [0.4, 0.5) is 8.78 Å². The van der Waals surface area contributed by atoms with E-state index in [-0.39, 0.29) is 5.56 Å². The van der Waals surface area contributed by atoms with E-state index in [4.69, 9.17) is 0 Å². The summed E-state index contributed by atoms with van der Waals surface area (Å²) in [6.45, 7) is 2.23. The summed E-state index contributed by atoms with van der Waals surface area (Å²) in [6, 6.07) is 2.51. The first kappa shape index (κ1) is 15.9. The molecular weight excluding hydrogens is 268 g/mol. The second-order valence-electron chi connectivity index (χ2n) is 5.96. The Hall–Kier alpha value is -1.43. The van der Waals surface area contributed by atoms with Crippen LogP contribution in [0.2, 0.25) is 0 Å². The van der Waals surface area contributed by atoms with Gasteiger partial charge in [0.05, 0.1) is 5.56 Å². The Morgan fingerprint density at radius 2 is 1.90 bits per heavy atom. The second-order valence-corrected chi connectivity index (χ2v) is 5.96. The van der Waals surface area contributed by atoms with Crippen LogP contribution < -0.4 is 0 Å². The van der Waals surface area contributed by atoms with Gasteiger partial charge in [0.1, 0.15) is 0 Å². The van der Waals surface area contributed by atoms with Crippen molar-refractivity contribution in [3.05, 3.63) is 29.6 Å². The maximum absolute atomic E-state index is 13.4. The van der Waals surface area contributed by atoms with Crippen LogP contribution in [-0.2, 0) is 0 Å². The van der Waals surface area contributed by atoms with Gasteiger partial charge >= 0.3 is 0 Å². The molecule has 114 valence electrons. The molecule has 0 unspecified atom stereocenters. The van der Waals surface area contributed by atoms with Crippen molar-refractivity contribution in [3.8, 4) is 11.8 Å². The third-order valence-corrected chi connectivity index (χ3v) is 4.29. The molecule has 0 bridgehead atoms. The number of nitrogens with zero attached hydrogens (tertiary/aromatic N) is 1. The molecule has 0 atom stereocenters. The van der Waals surface area contributed by atoms with E-state index in [1.54, 1.807) is 0 Å². The Bertz CT molecular complexity index is 508. The van der Waals surface area contributed by atoms with Crippen LogP contribution in [0.5, 0.6) is 0 Å². The van der Waals surface area contributed by atoms with E-state index in [9.17, 15) is 8.78 Å². The van der Waals surface area contributed by atoms with Gasteiger partial charge in [-0.2, -0.15) is 13.8 Å². The summed E-state index contributed by atoms with van der Waals surface area (Å²) < 4.78 is 26.1. The number of pyridine rings is 1. The van der Waals surface area contributed by atoms with Crippen molar-refractivity contribution in [3.63, 3.8) is 0 Å². The van der Waals surface area contributed by atoms with E-state index >= 15 is 0 Å². The average Bonchev–Trinajstić information content (AvgIpc) is 2.48. The second kappa shape index (κ2) is 8.12. The van der Waals surface area contributed by atoms with Crippen LogP contribution in [0.1, 0.15) is 63.9 Å². The highest BCUT2D eigenvalue weighted by Gasteiger charge is 2.19. The summed E-state index contributed by atoms with van der Waals surface area (Å²) in [5, 5.41) is 0. The average molecular weight is 291 g/mol. The molecule has 1 heterocycles. The quantitative estimate of drug-likeness (QED) is 0.427. The van der Waals surface area contributed by atoms with Crippen LogP contribution in [0, 0.1) is 35.6 Å². The predicted octanol–water partition coefficient (Wildman–Crippen LogP) is 5.10. The van der Waals surface area contributed by atoms with E-state index in [2.05, 4.69) is 23.7 Å². The highest BCUT2D eigenvalue weighted by Crippen LogP contribution is 2.31. The fraction of sp³-hybridized carbons (Fsp3) is 0.611. The lowest BCUT2D eigenvalue weighted by molar-refractivity contribution is 0.294. The number of halogens is 2. The van der Waals surface area contributed by atoms with E-state index < -0.39 is 11.9 Å². The zero-order chi connectivity index (χ0) is 15.1. The van der Waals surface area contributed by atoms with Crippen LogP contribution in [0.15, 0.2) is 12.1 Å². The van der Waals surface area contributed by atoms with E-state index in [0.717, 1.165) is 24.8 Å². The van der Waals surface area contributed by atoms with E-state index in [0.29, 0.717) is 5.92 Å². The number of hydrogen-bond donors (Lipinski definition) is 0. The van der Waals surface area contributed by atoms with E-state index in [1.165, 1.54) is 44.6 Å². The molecule has 0 amide bonds. The maximum Gasteiger partial charge on any atom is 0.231 e. The minimum absolute atomic E-state index is 0.196. The first-order valence-electron chi connectivity index (χ1n) is 8.02. The van der Waals surface area contributed by atoms with Crippen LogP contribution in [0.3, 0.4) is 0 Å². The smallest absolute Gasteiger partial charge is 0.189 e. The number of aromatic nitrogens is 1. The first-order chi connectivity index (χ1) is 10.2. The highest BCUT2D eigenvalue weighted by molar-refractivity contribution is 5.33. The van der Waals surface area contributed by atoms with Crippen LogP contribution in [-0.4, -0.2) is 4.98 Å². The fourth-order valence-electron chi connectivity index (χ4n) is 2.96. The molecule has 1 aromatic heterocycles. The standard InChI is InChI=1S/C18H23F2N/c1-2-3-4-5-14-6-8-15(9-7-14)10-11-16-12-13-17(19)21-18(16)20/h12-15H,2-9H2,1H3/t14-,15-. The van der Waals surface area contributed by atoms with Crippen LogP contribution in [0.25, 0.3) is 0 Å². The summed E-state index contributed by atoms with van der Waals surface area (Å²) in [5.41, 5.74) is 0.196. The largest absolute Gasteiger partial charge is 0.231 e. The molecule has 0 saturated heterocycles. The predicted molar refractivity (Wildman–Crippen MR) is 80.6 cm³/mol. The third-order valence-electron chi connectivity index (χ3n) is 4.29. The Morgan fingerprint density at radius 1 is 1.14 bits per heavy atom. The lowest BCUT2D eigenvalue weighted by Crippen LogP contribution is -2.13. The Labute approximate surface area is 126 Å². The Kier molecular flexibility index (Phi) is 6.17. The fourth-order valence-corrected chi connectivity index (χ4v) is 2.96. The topological polar surface area (TPSA) is 12.9 Å². The molecule has 1 fully saturated rings. The summed E-state index contributed by atoms with van der Waals surface area (Å²) in [6.07, 6.45) is 9.93. The first-order valence-corrected chi connectivity index (χ1v) is 8.02. The molecule has 0 aromatic carbocycles. The lowest BCUT2D eigenvalue weighted by atomic mass is 9.80. The molecule has 1 nitrogen and oxygen atoms in total. The minimum atomic E-state index is -0.809. The van der Waals surface area contributed by atoms with Gasteiger partial charge in [-0.05, 0) is 43.7 Å². The molecule has 1 aliphatic rings. The molecular formula is C18H23F2N. The molecule has 1 aliphatic carbocycles. The SMILES string of the molecule is CCCCC[C@H]1CC[C@H](C#Cc2ccc(F)nc2F)CC1. The van der Waals surface area contributed by atoms with E-state index in [1.807, 2.05) is 0 Å². The number of hydrogen-bond acceptors (Lipinski definition) is 1.